The Morgan fingerprint density at radius 2 is 2.00 bits per heavy atom. The molecule has 0 radical (unpaired) electrons. The molecule has 0 aliphatic rings. The van der Waals surface area contributed by atoms with Crippen LogP contribution < -0.4 is 0 Å². The third-order valence-corrected chi connectivity index (χ3v) is 2.92. The smallest absolute Gasteiger partial charge is 0.165 e. The van der Waals surface area contributed by atoms with Crippen molar-refractivity contribution >= 4 is 5.78 Å². The van der Waals surface area contributed by atoms with Crippen LogP contribution in [0.15, 0.2) is 30.3 Å². The topological polar surface area (TPSA) is 61.1 Å². The Morgan fingerprint density at radius 1 is 1.39 bits per heavy atom. The minimum atomic E-state index is -1.35. The molecule has 1 rings (SSSR count). The number of carbonyl (C=O) groups is 1. The molecule has 0 saturated carbocycles. The molecule has 0 aliphatic carbocycles. The number of benzene rings is 1. The average Bonchev–Trinajstić information content (AvgIpc) is 2.34. The van der Waals surface area contributed by atoms with E-state index in [4.69, 9.17) is 5.26 Å². The molecule has 1 N–H and O–H groups in total. The molecule has 3 heteroatoms. The van der Waals surface area contributed by atoms with E-state index in [0.717, 1.165) is 12.0 Å². The van der Waals surface area contributed by atoms with Gasteiger partial charge in [0.05, 0.1) is 12.0 Å². The lowest BCUT2D eigenvalue weighted by Gasteiger charge is -2.17. The highest BCUT2D eigenvalue weighted by Crippen LogP contribution is 2.17. The molecule has 0 heterocycles. The Hall–Kier alpha value is -1.66. The van der Waals surface area contributed by atoms with Crippen molar-refractivity contribution in [2.75, 3.05) is 0 Å². The lowest BCUT2D eigenvalue weighted by atomic mass is 9.90. The number of carbonyl (C=O) groups excluding carboxylic acids is 1. The van der Waals surface area contributed by atoms with E-state index in [2.05, 4.69) is 6.07 Å². The van der Waals surface area contributed by atoms with Gasteiger partial charge in [-0.2, -0.15) is 5.26 Å². The van der Waals surface area contributed by atoms with Crippen LogP contribution in [0.3, 0.4) is 0 Å². The fourth-order valence-corrected chi connectivity index (χ4v) is 1.67. The molecule has 0 bridgehead atoms. The zero-order valence-electron chi connectivity index (χ0n) is 10.9. The maximum Gasteiger partial charge on any atom is 0.165 e. The van der Waals surface area contributed by atoms with Crippen molar-refractivity contribution < 1.29 is 9.90 Å². The molecule has 18 heavy (non-hydrogen) atoms. The van der Waals surface area contributed by atoms with Gasteiger partial charge in [-0.05, 0) is 32.3 Å². The van der Waals surface area contributed by atoms with Gasteiger partial charge in [0.25, 0.3) is 0 Å². The maximum atomic E-state index is 11.6. The predicted octanol–water partition coefficient (Wildman–Crippen LogP) is 2.49. The SMILES string of the molecule is CC(C)(O)C(=O)C[C@@H](C#N)CCc1ccccc1. The number of ketones is 1. The summed E-state index contributed by atoms with van der Waals surface area (Å²) in [6.45, 7) is 2.92. The van der Waals surface area contributed by atoms with E-state index in [1.165, 1.54) is 13.8 Å². The number of hydrogen-bond donors (Lipinski definition) is 1. The summed E-state index contributed by atoms with van der Waals surface area (Å²) in [5, 5.41) is 18.6. The Kier molecular flexibility index (Phi) is 5.06. The van der Waals surface area contributed by atoms with Crippen LogP contribution in [0.25, 0.3) is 0 Å². The van der Waals surface area contributed by atoms with Crippen LogP contribution in [-0.4, -0.2) is 16.5 Å². The molecule has 0 unspecified atom stereocenters. The van der Waals surface area contributed by atoms with Gasteiger partial charge in [-0.3, -0.25) is 4.79 Å². The van der Waals surface area contributed by atoms with Crippen LogP contribution in [0.2, 0.25) is 0 Å². The molecule has 3 nitrogen and oxygen atoms in total. The third kappa shape index (κ3) is 4.68. The van der Waals surface area contributed by atoms with Crippen LogP contribution in [0.5, 0.6) is 0 Å². The summed E-state index contributed by atoms with van der Waals surface area (Å²) in [4.78, 5) is 11.6. The molecule has 0 saturated heterocycles. The van der Waals surface area contributed by atoms with E-state index in [9.17, 15) is 9.90 Å². The molecular weight excluding hydrogens is 226 g/mol. The van der Waals surface area contributed by atoms with E-state index >= 15 is 0 Å². The molecule has 1 aromatic carbocycles. The number of aliphatic hydroxyl groups is 1. The second-order valence-corrected chi connectivity index (χ2v) is 5.04. The first-order valence-electron chi connectivity index (χ1n) is 6.12. The molecule has 1 atom stereocenters. The van der Waals surface area contributed by atoms with Gasteiger partial charge in [0.1, 0.15) is 5.60 Å². The monoisotopic (exact) mass is 245 g/mol. The zero-order valence-corrected chi connectivity index (χ0v) is 10.9. The molecular formula is C15H19NO2. The van der Waals surface area contributed by atoms with Crippen molar-refractivity contribution in [2.24, 2.45) is 5.92 Å². The van der Waals surface area contributed by atoms with E-state index in [-0.39, 0.29) is 18.1 Å². The number of nitriles is 1. The van der Waals surface area contributed by atoms with Crippen molar-refractivity contribution in [1.29, 1.82) is 5.26 Å². The van der Waals surface area contributed by atoms with Crippen molar-refractivity contribution in [3.8, 4) is 6.07 Å². The highest BCUT2D eigenvalue weighted by Gasteiger charge is 2.26. The van der Waals surface area contributed by atoms with Crippen molar-refractivity contribution in [3.63, 3.8) is 0 Å². The van der Waals surface area contributed by atoms with Gasteiger partial charge in [0.2, 0.25) is 0 Å². The summed E-state index contributed by atoms with van der Waals surface area (Å²) in [7, 11) is 0. The van der Waals surface area contributed by atoms with Crippen LogP contribution in [-0.2, 0) is 11.2 Å². The number of hydrogen-bond acceptors (Lipinski definition) is 3. The van der Waals surface area contributed by atoms with E-state index in [1.807, 2.05) is 30.3 Å². The van der Waals surface area contributed by atoms with Crippen molar-refractivity contribution in [3.05, 3.63) is 35.9 Å². The second kappa shape index (κ2) is 6.32. The van der Waals surface area contributed by atoms with E-state index in [1.54, 1.807) is 0 Å². The molecule has 0 fully saturated rings. The van der Waals surface area contributed by atoms with Gasteiger partial charge in [-0.1, -0.05) is 30.3 Å². The fraction of sp³-hybridized carbons (Fsp3) is 0.467. The Balaban J connectivity index is 2.49. The Bertz CT molecular complexity index is 426. The predicted molar refractivity (Wildman–Crippen MR) is 69.8 cm³/mol. The molecule has 0 amide bonds. The molecule has 0 aromatic heterocycles. The maximum absolute atomic E-state index is 11.6. The number of Topliss-reactive ketones (excluding diaryl/α,β-unsaturated/α-hetero) is 1. The van der Waals surface area contributed by atoms with Crippen molar-refractivity contribution in [1.82, 2.24) is 0 Å². The van der Waals surface area contributed by atoms with E-state index in [0.29, 0.717) is 6.42 Å². The summed E-state index contributed by atoms with van der Waals surface area (Å²) in [5.41, 5.74) is -0.185. The summed E-state index contributed by atoms with van der Waals surface area (Å²) in [5.74, 6) is -0.605. The van der Waals surface area contributed by atoms with Gasteiger partial charge >= 0.3 is 0 Å². The second-order valence-electron chi connectivity index (χ2n) is 5.04. The molecule has 0 spiro atoms. The van der Waals surface area contributed by atoms with Gasteiger partial charge in [0.15, 0.2) is 5.78 Å². The first kappa shape index (κ1) is 14.4. The lowest BCUT2D eigenvalue weighted by Crippen LogP contribution is -2.32. The normalized spacial score (nSPS) is 12.8. The summed E-state index contributed by atoms with van der Waals surface area (Å²) in [6, 6.07) is 12.0. The van der Waals surface area contributed by atoms with E-state index < -0.39 is 5.60 Å². The zero-order chi connectivity index (χ0) is 13.6. The van der Waals surface area contributed by atoms with Crippen LogP contribution in [0, 0.1) is 17.2 Å². The third-order valence-electron chi connectivity index (χ3n) is 2.92. The summed E-state index contributed by atoms with van der Waals surface area (Å²) in [6.07, 6.45) is 1.54. The largest absolute Gasteiger partial charge is 0.383 e. The van der Waals surface area contributed by atoms with Crippen molar-refractivity contribution in [2.45, 2.75) is 38.7 Å². The molecule has 1 aromatic rings. The molecule has 0 aliphatic heterocycles. The quantitative estimate of drug-likeness (QED) is 0.837. The number of nitrogens with zero attached hydrogens (tertiary/aromatic N) is 1. The van der Waals surface area contributed by atoms with Crippen LogP contribution >= 0.6 is 0 Å². The first-order valence-corrected chi connectivity index (χ1v) is 6.12. The number of rotatable bonds is 6. The highest BCUT2D eigenvalue weighted by atomic mass is 16.3. The van der Waals surface area contributed by atoms with Crippen LogP contribution in [0.4, 0.5) is 0 Å². The van der Waals surface area contributed by atoms with Gasteiger partial charge in [0, 0.05) is 6.42 Å². The highest BCUT2D eigenvalue weighted by molar-refractivity contribution is 5.86. The summed E-state index contributed by atoms with van der Waals surface area (Å²) < 4.78 is 0. The first-order chi connectivity index (χ1) is 8.43. The van der Waals surface area contributed by atoms with Gasteiger partial charge in [-0.25, -0.2) is 0 Å². The van der Waals surface area contributed by atoms with Crippen LogP contribution in [0.1, 0.15) is 32.3 Å². The number of aryl methyl sites for hydroxylation is 1. The van der Waals surface area contributed by atoms with Gasteiger partial charge in [-0.15, -0.1) is 0 Å². The summed E-state index contributed by atoms with van der Waals surface area (Å²) >= 11 is 0. The average molecular weight is 245 g/mol. The molecule has 96 valence electrons. The standard InChI is InChI=1S/C15H19NO2/c1-15(2,18)14(17)10-13(11-16)9-8-12-6-4-3-5-7-12/h3-7,13,18H,8-10H2,1-2H3/t13-/m0/s1. The Labute approximate surface area is 108 Å². The van der Waals surface area contributed by atoms with Gasteiger partial charge < -0.3 is 5.11 Å². The Morgan fingerprint density at radius 3 is 2.50 bits per heavy atom. The minimum absolute atomic E-state index is 0.118. The minimum Gasteiger partial charge on any atom is -0.383 e. The lowest BCUT2D eigenvalue weighted by molar-refractivity contribution is -0.134. The fourth-order valence-electron chi connectivity index (χ4n) is 1.67.